The molecule has 0 aromatic heterocycles. The van der Waals surface area contributed by atoms with Crippen LogP contribution in [0.4, 0.5) is 0 Å². The Bertz CT molecular complexity index is 209. The molecule has 0 spiro atoms. The van der Waals surface area contributed by atoms with E-state index in [1.807, 2.05) is 0 Å². The van der Waals surface area contributed by atoms with Gasteiger partial charge in [0.25, 0.3) is 9.05 Å². The fourth-order valence-electron chi connectivity index (χ4n) is 0.996. The highest BCUT2D eigenvalue weighted by molar-refractivity contribution is 8.27. The Hall–Kier alpha value is 0.290. The van der Waals surface area contributed by atoms with Gasteiger partial charge in [0.15, 0.2) is 0 Å². The molecule has 0 amide bonds. The molecule has 0 rings (SSSR count). The van der Waals surface area contributed by atoms with Gasteiger partial charge in [-0.2, -0.15) is 4.21 Å². The molecule has 0 aliphatic carbocycles. The first-order chi connectivity index (χ1) is 5.92. The van der Waals surface area contributed by atoms with Crippen molar-refractivity contribution in [1.82, 2.24) is 0 Å². The minimum atomic E-state index is -3.39. The fraction of sp³-hybridized carbons (Fsp3) is 1.00. The number of rotatable bonds is 7. The van der Waals surface area contributed by atoms with Crippen molar-refractivity contribution in [1.29, 1.82) is 0 Å². The maximum atomic E-state index is 10.5. The third kappa shape index (κ3) is 12.3. The zero-order valence-electron chi connectivity index (χ0n) is 8.19. The zero-order chi connectivity index (χ0) is 10.3. The second kappa shape index (κ2) is 6.70. The molecular formula is C8H18O3S2. The molecule has 0 saturated carbocycles. The van der Waals surface area contributed by atoms with E-state index < -0.39 is 9.05 Å². The van der Waals surface area contributed by atoms with Crippen LogP contribution in [0.5, 0.6) is 0 Å². The van der Waals surface area contributed by atoms with Crippen LogP contribution in [0, 0.1) is 5.92 Å². The molecule has 0 aliphatic heterocycles. The first kappa shape index (κ1) is 13.3. The van der Waals surface area contributed by atoms with Crippen molar-refractivity contribution >= 4 is 20.2 Å². The van der Waals surface area contributed by atoms with E-state index in [-0.39, 0.29) is 6.61 Å². The van der Waals surface area contributed by atoms with Gasteiger partial charge < -0.3 is 0 Å². The summed E-state index contributed by atoms with van der Waals surface area (Å²) < 4.78 is 23.6. The molecule has 0 saturated heterocycles. The maximum absolute atomic E-state index is 10.5. The van der Waals surface area contributed by atoms with Crippen LogP contribution < -0.4 is 0 Å². The van der Waals surface area contributed by atoms with Gasteiger partial charge in [0.1, 0.15) is 0 Å². The summed E-state index contributed by atoms with van der Waals surface area (Å²) in [7, 11) is -3.39. The van der Waals surface area contributed by atoms with Crippen molar-refractivity contribution < 1.29 is 12.9 Å². The lowest BCUT2D eigenvalue weighted by Gasteiger charge is -2.04. The lowest BCUT2D eigenvalue weighted by Crippen LogP contribution is -2.03. The Labute approximate surface area is 85.6 Å². The van der Waals surface area contributed by atoms with E-state index in [0.29, 0.717) is 0 Å². The predicted octanol–water partition coefficient (Wildman–Crippen LogP) is 2.35. The highest BCUT2D eigenvalue weighted by Gasteiger charge is 1.99. The third-order valence-corrected chi connectivity index (χ3v) is 2.41. The second-order valence-electron chi connectivity index (χ2n) is 3.49. The molecule has 0 aliphatic rings. The molecule has 1 unspecified atom stereocenters. The van der Waals surface area contributed by atoms with Gasteiger partial charge in [-0.05, 0) is 12.3 Å². The molecule has 0 heterocycles. The van der Waals surface area contributed by atoms with Gasteiger partial charge in [0.2, 0.25) is 0 Å². The largest absolute Gasteiger partial charge is 0.285 e. The van der Waals surface area contributed by atoms with Gasteiger partial charge in [-0.3, -0.25) is 8.74 Å². The highest BCUT2D eigenvalue weighted by atomic mass is 32.9. The van der Waals surface area contributed by atoms with E-state index in [9.17, 15) is 4.21 Å². The minimum absolute atomic E-state index is 0.289. The molecule has 0 bridgehead atoms. The SMILES string of the molecule is CC(C)CCCCCOS(=O)(O)=S. The van der Waals surface area contributed by atoms with Gasteiger partial charge in [0.05, 0.1) is 6.61 Å². The van der Waals surface area contributed by atoms with Crippen molar-refractivity contribution in [2.24, 2.45) is 5.92 Å². The van der Waals surface area contributed by atoms with Crippen LogP contribution in [-0.4, -0.2) is 15.4 Å². The van der Waals surface area contributed by atoms with Gasteiger partial charge in [-0.25, -0.2) is 0 Å². The van der Waals surface area contributed by atoms with E-state index >= 15 is 0 Å². The van der Waals surface area contributed by atoms with Crippen LogP contribution in [-0.2, 0) is 24.4 Å². The zero-order valence-corrected chi connectivity index (χ0v) is 9.83. The van der Waals surface area contributed by atoms with Crippen molar-refractivity contribution in [3.8, 4) is 0 Å². The molecule has 5 heteroatoms. The normalized spacial score (nSPS) is 16.0. The number of unbranched alkanes of at least 4 members (excludes halogenated alkanes) is 2. The Balaban J connectivity index is 3.18. The lowest BCUT2D eigenvalue weighted by atomic mass is 10.1. The third-order valence-electron chi connectivity index (χ3n) is 1.66. The molecule has 13 heavy (non-hydrogen) atoms. The molecule has 1 atom stereocenters. The summed E-state index contributed by atoms with van der Waals surface area (Å²) >= 11 is 4.17. The molecule has 80 valence electrons. The smallest absolute Gasteiger partial charge is 0.266 e. The van der Waals surface area contributed by atoms with E-state index in [1.54, 1.807) is 0 Å². The lowest BCUT2D eigenvalue weighted by molar-refractivity contribution is 0.293. The molecule has 0 aromatic rings. The Morgan fingerprint density at radius 2 is 2.00 bits per heavy atom. The van der Waals surface area contributed by atoms with E-state index in [2.05, 4.69) is 29.2 Å². The maximum Gasteiger partial charge on any atom is 0.266 e. The van der Waals surface area contributed by atoms with Gasteiger partial charge in [0, 0.05) is 11.2 Å². The quantitative estimate of drug-likeness (QED) is 0.677. The molecule has 0 fully saturated rings. The van der Waals surface area contributed by atoms with Gasteiger partial charge in [-0.15, -0.1) is 0 Å². The van der Waals surface area contributed by atoms with Crippen molar-refractivity contribution in [2.75, 3.05) is 6.61 Å². The molecule has 3 nitrogen and oxygen atoms in total. The fourth-order valence-corrected chi connectivity index (χ4v) is 1.53. The molecule has 0 radical (unpaired) electrons. The average molecular weight is 226 g/mol. The Morgan fingerprint density at radius 3 is 2.46 bits per heavy atom. The monoisotopic (exact) mass is 226 g/mol. The van der Waals surface area contributed by atoms with Crippen LogP contribution in [0.25, 0.3) is 0 Å². The van der Waals surface area contributed by atoms with E-state index in [0.717, 1.165) is 25.2 Å². The summed E-state index contributed by atoms with van der Waals surface area (Å²) in [6.07, 6.45) is 4.18. The summed E-state index contributed by atoms with van der Waals surface area (Å²) in [5.74, 6) is 0.724. The number of hydrogen-bond acceptors (Lipinski definition) is 3. The first-order valence-corrected chi connectivity index (χ1v) is 6.90. The van der Waals surface area contributed by atoms with Crippen molar-refractivity contribution in [3.63, 3.8) is 0 Å². The van der Waals surface area contributed by atoms with Crippen LogP contribution in [0.2, 0.25) is 0 Å². The van der Waals surface area contributed by atoms with Crippen LogP contribution in [0.15, 0.2) is 0 Å². The Kier molecular flexibility index (Phi) is 6.85. The summed E-state index contributed by atoms with van der Waals surface area (Å²) in [5, 5.41) is 0. The number of hydrogen-bond donors (Lipinski definition) is 1. The van der Waals surface area contributed by atoms with Crippen molar-refractivity contribution in [3.05, 3.63) is 0 Å². The topological polar surface area (TPSA) is 46.5 Å². The van der Waals surface area contributed by atoms with Crippen LogP contribution in [0.3, 0.4) is 0 Å². The summed E-state index contributed by atoms with van der Waals surface area (Å²) in [6.45, 7) is 4.65. The van der Waals surface area contributed by atoms with Crippen LogP contribution in [0.1, 0.15) is 39.5 Å². The summed E-state index contributed by atoms with van der Waals surface area (Å²) in [6, 6.07) is 0. The minimum Gasteiger partial charge on any atom is -0.285 e. The summed E-state index contributed by atoms with van der Waals surface area (Å²) in [5.41, 5.74) is 0. The van der Waals surface area contributed by atoms with Crippen LogP contribution >= 0.6 is 0 Å². The van der Waals surface area contributed by atoms with Gasteiger partial charge >= 0.3 is 0 Å². The summed E-state index contributed by atoms with van der Waals surface area (Å²) in [4.78, 5) is 0. The van der Waals surface area contributed by atoms with E-state index in [1.165, 1.54) is 6.42 Å². The molecule has 0 aromatic carbocycles. The standard InChI is InChI=1S/C8H18O3S2/c1-8(2)6-4-3-5-7-11-13(9,10)12/h8H,3-7H2,1-2H3,(H,9,10,12). The Morgan fingerprint density at radius 1 is 1.38 bits per heavy atom. The van der Waals surface area contributed by atoms with E-state index in [4.69, 9.17) is 4.55 Å². The highest BCUT2D eigenvalue weighted by Crippen LogP contribution is 2.08. The molecule has 1 N–H and O–H groups in total. The van der Waals surface area contributed by atoms with Gasteiger partial charge in [-0.1, -0.05) is 33.1 Å². The second-order valence-corrected chi connectivity index (χ2v) is 5.85. The first-order valence-electron chi connectivity index (χ1n) is 4.53. The average Bonchev–Trinajstić information content (AvgIpc) is 1.93. The van der Waals surface area contributed by atoms with Crippen molar-refractivity contribution in [2.45, 2.75) is 39.5 Å². The molecular weight excluding hydrogens is 208 g/mol. The predicted molar refractivity (Wildman–Crippen MR) is 57.4 cm³/mol.